The molecule has 1 aliphatic carbocycles. The van der Waals surface area contributed by atoms with Gasteiger partial charge in [-0.05, 0) is 33.1 Å². The van der Waals surface area contributed by atoms with Crippen LogP contribution in [0.3, 0.4) is 0 Å². The Balaban J connectivity index is 2.33. The zero-order valence-electron chi connectivity index (χ0n) is 9.38. The fourth-order valence-electron chi connectivity index (χ4n) is 1.69. The smallest absolute Gasteiger partial charge is 0.374 e. The second-order valence-electron chi connectivity index (χ2n) is 4.23. The van der Waals surface area contributed by atoms with Gasteiger partial charge in [0, 0.05) is 6.04 Å². The standard InChI is InChI=1S/C10H15N3O3/c1-6(2)16-10-12-11-8(9(14)15)13(10)7-4-3-5-7/h6-7H,3-5H2,1-2H3,(H,14,15). The van der Waals surface area contributed by atoms with Crippen molar-refractivity contribution in [3.8, 4) is 6.01 Å². The Morgan fingerprint density at radius 3 is 2.62 bits per heavy atom. The fraction of sp³-hybridized carbons (Fsp3) is 0.700. The van der Waals surface area contributed by atoms with Crippen LogP contribution in [0.2, 0.25) is 0 Å². The van der Waals surface area contributed by atoms with E-state index in [-0.39, 0.29) is 18.0 Å². The minimum absolute atomic E-state index is 0.0275. The van der Waals surface area contributed by atoms with E-state index in [2.05, 4.69) is 10.2 Å². The molecular formula is C10H15N3O3. The van der Waals surface area contributed by atoms with E-state index in [9.17, 15) is 4.79 Å². The van der Waals surface area contributed by atoms with Crippen molar-refractivity contribution in [2.75, 3.05) is 0 Å². The normalized spacial score (nSPS) is 16.2. The highest BCUT2D eigenvalue weighted by atomic mass is 16.5. The zero-order valence-corrected chi connectivity index (χ0v) is 9.38. The number of nitrogens with zero attached hydrogens (tertiary/aromatic N) is 3. The van der Waals surface area contributed by atoms with Gasteiger partial charge in [-0.1, -0.05) is 5.10 Å². The van der Waals surface area contributed by atoms with Crippen molar-refractivity contribution in [1.82, 2.24) is 14.8 Å². The lowest BCUT2D eigenvalue weighted by Crippen LogP contribution is -2.23. The molecule has 6 heteroatoms. The summed E-state index contributed by atoms with van der Waals surface area (Å²) < 4.78 is 7.06. The van der Waals surface area contributed by atoms with E-state index in [0.717, 1.165) is 19.3 Å². The SMILES string of the molecule is CC(C)Oc1nnc(C(=O)O)n1C1CCC1. The summed E-state index contributed by atoms with van der Waals surface area (Å²) in [6.07, 6.45) is 3.01. The molecule has 2 rings (SSSR count). The highest BCUT2D eigenvalue weighted by Gasteiger charge is 2.29. The Kier molecular flexibility index (Phi) is 2.80. The Morgan fingerprint density at radius 1 is 1.50 bits per heavy atom. The molecule has 0 aromatic carbocycles. The number of carboxylic acids is 1. The zero-order chi connectivity index (χ0) is 11.7. The van der Waals surface area contributed by atoms with Crippen LogP contribution in [0.5, 0.6) is 6.01 Å². The number of hydrogen-bond donors (Lipinski definition) is 1. The van der Waals surface area contributed by atoms with E-state index in [0.29, 0.717) is 6.01 Å². The summed E-state index contributed by atoms with van der Waals surface area (Å²) in [5.74, 6) is -1.08. The third kappa shape index (κ3) is 1.87. The average Bonchev–Trinajstić information content (AvgIpc) is 2.45. The van der Waals surface area contributed by atoms with E-state index >= 15 is 0 Å². The molecule has 6 nitrogen and oxygen atoms in total. The summed E-state index contributed by atoms with van der Waals surface area (Å²) >= 11 is 0. The lowest BCUT2D eigenvalue weighted by Gasteiger charge is -2.28. The molecule has 0 radical (unpaired) electrons. The lowest BCUT2D eigenvalue weighted by atomic mass is 9.93. The van der Waals surface area contributed by atoms with Crippen LogP contribution in [-0.4, -0.2) is 31.9 Å². The van der Waals surface area contributed by atoms with Crippen molar-refractivity contribution in [2.45, 2.75) is 45.3 Å². The molecule has 1 heterocycles. The summed E-state index contributed by atoms with van der Waals surface area (Å²) in [4.78, 5) is 11.0. The van der Waals surface area contributed by atoms with Gasteiger partial charge in [0.15, 0.2) is 0 Å². The molecule has 1 aromatic rings. The van der Waals surface area contributed by atoms with Gasteiger partial charge in [-0.25, -0.2) is 4.79 Å². The molecule has 0 atom stereocenters. The maximum atomic E-state index is 11.0. The summed E-state index contributed by atoms with van der Waals surface area (Å²) in [5, 5.41) is 16.5. The Hall–Kier alpha value is -1.59. The molecule has 0 unspecified atom stereocenters. The molecular weight excluding hydrogens is 210 g/mol. The van der Waals surface area contributed by atoms with E-state index < -0.39 is 5.97 Å². The molecule has 88 valence electrons. The van der Waals surface area contributed by atoms with E-state index in [1.165, 1.54) is 0 Å². The van der Waals surface area contributed by atoms with Gasteiger partial charge in [-0.3, -0.25) is 4.57 Å². The predicted octanol–water partition coefficient (Wildman–Crippen LogP) is 1.49. The van der Waals surface area contributed by atoms with Gasteiger partial charge in [-0.2, -0.15) is 0 Å². The van der Waals surface area contributed by atoms with Crippen LogP contribution in [0.1, 0.15) is 49.8 Å². The number of ether oxygens (including phenoxy) is 1. The highest BCUT2D eigenvalue weighted by molar-refractivity contribution is 5.83. The molecule has 1 aromatic heterocycles. The monoisotopic (exact) mass is 225 g/mol. The molecule has 16 heavy (non-hydrogen) atoms. The molecule has 1 saturated carbocycles. The minimum Gasteiger partial charge on any atom is -0.475 e. The van der Waals surface area contributed by atoms with Crippen LogP contribution in [0, 0.1) is 0 Å². The molecule has 1 aliphatic rings. The van der Waals surface area contributed by atoms with Gasteiger partial charge in [0.25, 0.3) is 0 Å². The van der Waals surface area contributed by atoms with Gasteiger partial charge < -0.3 is 9.84 Å². The summed E-state index contributed by atoms with van der Waals surface area (Å²) in [6.45, 7) is 3.75. The molecule has 1 fully saturated rings. The first-order valence-corrected chi connectivity index (χ1v) is 5.44. The number of hydrogen-bond acceptors (Lipinski definition) is 4. The maximum Gasteiger partial charge on any atom is 0.374 e. The second kappa shape index (κ2) is 4.11. The second-order valence-corrected chi connectivity index (χ2v) is 4.23. The summed E-state index contributed by atoms with van der Waals surface area (Å²) in [5.41, 5.74) is 0. The van der Waals surface area contributed by atoms with Crippen LogP contribution in [0.15, 0.2) is 0 Å². The van der Waals surface area contributed by atoms with Crippen molar-refractivity contribution >= 4 is 5.97 Å². The van der Waals surface area contributed by atoms with Crippen LogP contribution in [0.4, 0.5) is 0 Å². The van der Waals surface area contributed by atoms with Crippen molar-refractivity contribution < 1.29 is 14.6 Å². The minimum atomic E-state index is -1.06. The van der Waals surface area contributed by atoms with Gasteiger partial charge >= 0.3 is 12.0 Å². The van der Waals surface area contributed by atoms with Crippen LogP contribution in [-0.2, 0) is 0 Å². The van der Waals surface area contributed by atoms with Crippen LogP contribution in [0.25, 0.3) is 0 Å². The molecule has 0 saturated heterocycles. The highest BCUT2D eigenvalue weighted by Crippen LogP contribution is 2.35. The Labute approximate surface area is 93.2 Å². The van der Waals surface area contributed by atoms with E-state index in [4.69, 9.17) is 9.84 Å². The number of aromatic nitrogens is 3. The van der Waals surface area contributed by atoms with E-state index in [1.54, 1.807) is 4.57 Å². The molecule has 0 bridgehead atoms. The molecule has 0 aliphatic heterocycles. The van der Waals surface area contributed by atoms with Crippen molar-refractivity contribution in [3.05, 3.63) is 5.82 Å². The van der Waals surface area contributed by atoms with Crippen molar-refractivity contribution in [1.29, 1.82) is 0 Å². The van der Waals surface area contributed by atoms with Crippen molar-refractivity contribution in [3.63, 3.8) is 0 Å². The molecule has 0 amide bonds. The summed E-state index contributed by atoms with van der Waals surface area (Å²) in [7, 11) is 0. The number of aromatic carboxylic acids is 1. The fourth-order valence-corrected chi connectivity index (χ4v) is 1.69. The van der Waals surface area contributed by atoms with Gasteiger partial charge in [0.1, 0.15) is 0 Å². The Morgan fingerprint density at radius 2 is 2.19 bits per heavy atom. The predicted molar refractivity (Wildman–Crippen MR) is 55.6 cm³/mol. The van der Waals surface area contributed by atoms with Gasteiger partial charge in [0.2, 0.25) is 5.82 Å². The third-order valence-corrected chi connectivity index (χ3v) is 2.64. The number of rotatable bonds is 4. The first kappa shape index (κ1) is 10.9. The Bertz CT molecular complexity index is 396. The molecule has 1 N–H and O–H groups in total. The van der Waals surface area contributed by atoms with Gasteiger partial charge in [0.05, 0.1) is 6.10 Å². The lowest BCUT2D eigenvalue weighted by molar-refractivity contribution is 0.0666. The quantitative estimate of drug-likeness (QED) is 0.839. The first-order chi connectivity index (χ1) is 7.59. The molecule has 0 spiro atoms. The maximum absolute atomic E-state index is 11.0. The summed E-state index contributed by atoms with van der Waals surface area (Å²) in [6, 6.07) is 0.493. The first-order valence-electron chi connectivity index (χ1n) is 5.44. The number of carboxylic acid groups (broad SMARTS) is 1. The number of carbonyl (C=O) groups is 1. The third-order valence-electron chi connectivity index (χ3n) is 2.64. The van der Waals surface area contributed by atoms with Crippen LogP contribution >= 0.6 is 0 Å². The topological polar surface area (TPSA) is 77.2 Å². The van der Waals surface area contributed by atoms with Crippen molar-refractivity contribution in [2.24, 2.45) is 0 Å². The van der Waals surface area contributed by atoms with E-state index in [1.807, 2.05) is 13.8 Å². The largest absolute Gasteiger partial charge is 0.475 e. The van der Waals surface area contributed by atoms with Gasteiger partial charge in [-0.15, -0.1) is 5.10 Å². The average molecular weight is 225 g/mol. The van der Waals surface area contributed by atoms with Crippen LogP contribution < -0.4 is 4.74 Å².